The van der Waals surface area contributed by atoms with E-state index >= 15 is 0 Å². The maximum absolute atomic E-state index is 12.5. The molecule has 0 aromatic carbocycles. The lowest BCUT2D eigenvalue weighted by atomic mass is 10.1. The van der Waals surface area contributed by atoms with E-state index in [4.69, 9.17) is 10.5 Å². The first-order chi connectivity index (χ1) is 8.54. The molecule has 0 bridgehead atoms. The van der Waals surface area contributed by atoms with Crippen LogP contribution in [0.5, 0.6) is 5.75 Å². The maximum atomic E-state index is 12.5. The van der Waals surface area contributed by atoms with Gasteiger partial charge in [-0.3, -0.25) is 4.79 Å². The Hall–Kier alpha value is -0.590. The number of carbonyl (C=O) groups excluding carboxylic acids is 1. The lowest BCUT2D eigenvalue weighted by molar-refractivity contribution is 0.0710. The fraction of sp³-hybridized carbons (Fsp3) is 0.583. The van der Waals surface area contributed by atoms with E-state index in [1.54, 1.807) is 7.11 Å². The van der Waals surface area contributed by atoms with Crippen LogP contribution in [0.25, 0.3) is 0 Å². The van der Waals surface area contributed by atoms with Gasteiger partial charge in [0, 0.05) is 24.0 Å². The van der Waals surface area contributed by atoms with Gasteiger partial charge in [-0.2, -0.15) is 0 Å². The van der Waals surface area contributed by atoms with Gasteiger partial charge in [0.25, 0.3) is 5.91 Å². The van der Waals surface area contributed by atoms with Crippen LogP contribution in [-0.4, -0.2) is 37.0 Å². The molecule has 2 heterocycles. The van der Waals surface area contributed by atoms with Crippen LogP contribution in [0.15, 0.2) is 4.47 Å². The Bertz CT molecular complexity index is 461. The maximum Gasteiger partial charge on any atom is 0.267 e. The molecule has 1 aliphatic rings. The summed E-state index contributed by atoms with van der Waals surface area (Å²) >= 11 is 4.92. The van der Waals surface area contributed by atoms with Crippen LogP contribution in [0.3, 0.4) is 0 Å². The molecule has 0 spiro atoms. The van der Waals surface area contributed by atoms with E-state index in [9.17, 15) is 4.79 Å². The van der Waals surface area contributed by atoms with Crippen LogP contribution < -0.4 is 10.5 Å². The lowest BCUT2D eigenvalue weighted by Gasteiger charge is -2.30. The third-order valence-corrected chi connectivity index (χ3v) is 5.41. The van der Waals surface area contributed by atoms with Gasteiger partial charge in [-0.05, 0) is 35.7 Å². The number of thiophene rings is 1. The van der Waals surface area contributed by atoms with E-state index in [1.807, 2.05) is 11.8 Å². The van der Waals surface area contributed by atoms with E-state index < -0.39 is 0 Å². The number of hydrogen-bond donors (Lipinski definition) is 1. The number of nitrogens with zero attached hydrogens (tertiary/aromatic N) is 1. The molecule has 1 atom stereocenters. The molecule has 0 saturated carbocycles. The second-order valence-corrected chi connectivity index (χ2v) is 6.51. The zero-order chi connectivity index (χ0) is 13.3. The van der Waals surface area contributed by atoms with Crippen molar-refractivity contribution in [1.29, 1.82) is 0 Å². The van der Waals surface area contributed by atoms with Crippen molar-refractivity contribution in [1.82, 2.24) is 4.90 Å². The summed E-state index contributed by atoms with van der Waals surface area (Å²) in [5.74, 6) is 0.669. The minimum Gasteiger partial charge on any atom is -0.494 e. The van der Waals surface area contributed by atoms with Gasteiger partial charge in [-0.15, -0.1) is 11.3 Å². The van der Waals surface area contributed by atoms with Gasteiger partial charge in [0.05, 0.1) is 11.6 Å². The predicted molar refractivity (Wildman–Crippen MR) is 76.4 cm³/mol. The Labute approximate surface area is 119 Å². The number of nitrogens with two attached hydrogens (primary N) is 1. The summed E-state index contributed by atoms with van der Waals surface area (Å²) in [6.07, 6.45) is 1.97. The SMILES string of the molecule is COc1c(C(=O)N2CCCC(N)C2)sc(C)c1Br. The van der Waals surface area contributed by atoms with Crippen molar-refractivity contribution in [3.63, 3.8) is 0 Å². The number of piperidine rings is 1. The molecule has 2 rings (SSSR count). The molecule has 1 fully saturated rings. The Kier molecular flexibility index (Phi) is 4.29. The molecule has 1 saturated heterocycles. The van der Waals surface area contributed by atoms with Crippen molar-refractivity contribution in [2.45, 2.75) is 25.8 Å². The van der Waals surface area contributed by atoms with Crippen molar-refractivity contribution >= 4 is 33.2 Å². The van der Waals surface area contributed by atoms with Crippen LogP contribution in [0.2, 0.25) is 0 Å². The number of halogens is 1. The van der Waals surface area contributed by atoms with Crippen LogP contribution in [0.1, 0.15) is 27.4 Å². The van der Waals surface area contributed by atoms with Crippen molar-refractivity contribution in [3.8, 4) is 5.75 Å². The van der Waals surface area contributed by atoms with Gasteiger partial charge in [0.1, 0.15) is 4.88 Å². The summed E-state index contributed by atoms with van der Waals surface area (Å²) in [5, 5.41) is 0. The highest BCUT2D eigenvalue weighted by atomic mass is 79.9. The average molecular weight is 333 g/mol. The highest BCUT2D eigenvalue weighted by Crippen LogP contribution is 2.39. The topological polar surface area (TPSA) is 55.6 Å². The van der Waals surface area contributed by atoms with Crippen molar-refractivity contribution in [2.24, 2.45) is 5.73 Å². The number of methoxy groups -OCH3 is 1. The molecular weight excluding hydrogens is 316 g/mol. The number of likely N-dealkylation sites (tertiary alicyclic amines) is 1. The van der Waals surface area contributed by atoms with Crippen LogP contribution in [-0.2, 0) is 0 Å². The molecule has 0 radical (unpaired) electrons. The van der Waals surface area contributed by atoms with Gasteiger partial charge >= 0.3 is 0 Å². The molecule has 1 aliphatic heterocycles. The number of carbonyl (C=O) groups is 1. The number of aryl methyl sites for hydroxylation is 1. The zero-order valence-electron chi connectivity index (χ0n) is 10.5. The van der Waals surface area contributed by atoms with Gasteiger partial charge in [0.2, 0.25) is 0 Å². The monoisotopic (exact) mass is 332 g/mol. The highest BCUT2D eigenvalue weighted by molar-refractivity contribution is 9.10. The summed E-state index contributed by atoms with van der Waals surface area (Å²) in [7, 11) is 1.59. The van der Waals surface area contributed by atoms with Crippen molar-refractivity contribution in [3.05, 3.63) is 14.2 Å². The summed E-state index contributed by atoms with van der Waals surface area (Å²) in [5.41, 5.74) is 5.92. The highest BCUT2D eigenvalue weighted by Gasteiger charge is 2.27. The molecule has 2 N–H and O–H groups in total. The van der Waals surface area contributed by atoms with Crippen LogP contribution in [0, 0.1) is 6.92 Å². The van der Waals surface area contributed by atoms with Gasteiger partial charge in [-0.25, -0.2) is 0 Å². The number of rotatable bonds is 2. The van der Waals surface area contributed by atoms with Gasteiger partial charge in [0.15, 0.2) is 5.75 Å². The molecular formula is C12H17BrN2O2S. The van der Waals surface area contributed by atoms with E-state index in [0.717, 1.165) is 28.7 Å². The normalized spacial score (nSPS) is 20.0. The predicted octanol–water partition coefficient (Wildman–Crippen LogP) is 2.39. The average Bonchev–Trinajstić information content (AvgIpc) is 2.64. The third-order valence-electron chi connectivity index (χ3n) is 3.11. The number of amides is 1. The Morgan fingerprint density at radius 2 is 2.33 bits per heavy atom. The minimum absolute atomic E-state index is 0.0285. The molecule has 6 heteroatoms. The molecule has 4 nitrogen and oxygen atoms in total. The van der Waals surface area contributed by atoms with Crippen molar-refractivity contribution in [2.75, 3.05) is 20.2 Å². The first kappa shape index (κ1) is 13.8. The van der Waals surface area contributed by atoms with Crippen molar-refractivity contribution < 1.29 is 9.53 Å². The zero-order valence-corrected chi connectivity index (χ0v) is 12.9. The van der Waals surface area contributed by atoms with E-state index in [0.29, 0.717) is 17.2 Å². The van der Waals surface area contributed by atoms with Crippen LogP contribution in [0.4, 0.5) is 0 Å². The smallest absolute Gasteiger partial charge is 0.267 e. The first-order valence-electron chi connectivity index (χ1n) is 5.92. The Morgan fingerprint density at radius 1 is 1.61 bits per heavy atom. The second-order valence-electron chi connectivity index (χ2n) is 4.49. The Balaban J connectivity index is 2.25. The quantitative estimate of drug-likeness (QED) is 0.904. The van der Waals surface area contributed by atoms with Gasteiger partial charge in [-0.1, -0.05) is 0 Å². The summed E-state index contributed by atoms with van der Waals surface area (Å²) < 4.78 is 6.20. The lowest BCUT2D eigenvalue weighted by Crippen LogP contribution is -2.45. The van der Waals surface area contributed by atoms with E-state index in [2.05, 4.69) is 15.9 Å². The largest absolute Gasteiger partial charge is 0.494 e. The standard InChI is InChI=1S/C12H17BrN2O2S/c1-7-9(13)10(17-2)11(18-7)12(16)15-5-3-4-8(14)6-15/h8H,3-6,14H2,1-2H3. The fourth-order valence-electron chi connectivity index (χ4n) is 2.16. The molecule has 1 amide bonds. The van der Waals surface area contributed by atoms with E-state index in [-0.39, 0.29) is 11.9 Å². The molecule has 1 aromatic rings. The number of ether oxygens (including phenoxy) is 1. The minimum atomic E-state index is 0.0285. The summed E-state index contributed by atoms with van der Waals surface area (Å²) in [6, 6.07) is 0.0956. The van der Waals surface area contributed by atoms with Gasteiger partial charge < -0.3 is 15.4 Å². The fourth-order valence-corrected chi connectivity index (χ4v) is 3.88. The van der Waals surface area contributed by atoms with Crippen LogP contribution >= 0.6 is 27.3 Å². The molecule has 0 aliphatic carbocycles. The number of hydrogen-bond acceptors (Lipinski definition) is 4. The molecule has 1 aromatic heterocycles. The van der Waals surface area contributed by atoms with E-state index in [1.165, 1.54) is 11.3 Å². The summed E-state index contributed by atoms with van der Waals surface area (Å²) in [4.78, 5) is 16.0. The molecule has 1 unspecified atom stereocenters. The first-order valence-corrected chi connectivity index (χ1v) is 7.53. The second kappa shape index (κ2) is 5.59. The third kappa shape index (κ3) is 2.55. The summed E-state index contributed by atoms with van der Waals surface area (Å²) in [6.45, 7) is 3.39. The molecule has 18 heavy (non-hydrogen) atoms. The molecule has 100 valence electrons. The Morgan fingerprint density at radius 3 is 2.94 bits per heavy atom.